The van der Waals surface area contributed by atoms with Gasteiger partial charge >= 0.3 is 0 Å². The summed E-state index contributed by atoms with van der Waals surface area (Å²) in [6.45, 7) is 0. The third-order valence-corrected chi connectivity index (χ3v) is 6.61. The molecule has 170 valence electrons. The van der Waals surface area contributed by atoms with Gasteiger partial charge in [0.05, 0.1) is 5.69 Å². The zero-order chi connectivity index (χ0) is 23.9. The van der Waals surface area contributed by atoms with Crippen molar-refractivity contribution < 1.29 is 0 Å². The Morgan fingerprint density at radius 2 is 1.08 bits per heavy atom. The van der Waals surface area contributed by atoms with E-state index in [4.69, 9.17) is 10.2 Å². The maximum absolute atomic E-state index is 4.94. The van der Waals surface area contributed by atoms with E-state index in [2.05, 4.69) is 95.9 Å². The number of nitrogens with zero attached hydrogens (tertiary/aromatic N) is 4. The smallest absolute Gasteiger partial charge is 0.122 e. The average Bonchev–Trinajstić information content (AvgIpc) is 3.39. The van der Waals surface area contributed by atoms with Crippen LogP contribution in [0, 0.1) is 0 Å². The lowest BCUT2D eigenvalue weighted by atomic mass is 9.99. The molecule has 0 aliphatic heterocycles. The summed E-state index contributed by atoms with van der Waals surface area (Å²) in [5, 5.41) is 14.3. The highest BCUT2D eigenvalue weighted by Crippen LogP contribution is 2.38. The summed E-state index contributed by atoms with van der Waals surface area (Å²) in [4.78, 5) is 4.02. The van der Waals surface area contributed by atoms with Gasteiger partial charge in [0.2, 0.25) is 0 Å². The summed E-state index contributed by atoms with van der Waals surface area (Å²) in [6.07, 6.45) is 0. The predicted molar refractivity (Wildman–Crippen MR) is 149 cm³/mol. The Kier molecular flexibility index (Phi) is 4.74. The van der Waals surface area contributed by atoms with E-state index in [0.717, 1.165) is 49.9 Å². The molecule has 1 aromatic heterocycles. The van der Waals surface area contributed by atoms with Gasteiger partial charge < -0.3 is 4.90 Å². The first kappa shape index (κ1) is 20.4. The summed E-state index contributed by atoms with van der Waals surface area (Å²) >= 11 is 0. The minimum absolute atomic E-state index is 0.882. The molecule has 0 fully saturated rings. The second kappa shape index (κ2) is 8.36. The molecule has 7 aromatic rings. The highest BCUT2D eigenvalue weighted by molar-refractivity contribution is 6.19. The van der Waals surface area contributed by atoms with Gasteiger partial charge in [-0.2, -0.15) is 4.80 Å². The third kappa shape index (κ3) is 3.39. The monoisotopic (exact) mass is 462 g/mol. The van der Waals surface area contributed by atoms with Crippen molar-refractivity contribution in [1.82, 2.24) is 15.0 Å². The molecule has 0 atom stereocenters. The number of hydrogen-bond donors (Lipinski definition) is 0. The topological polar surface area (TPSA) is 34.0 Å². The van der Waals surface area contributed by atoms with Gasteiger partial charge in [-0.25, -0.2) is 0 Å². The van der Waals surface area contributed by atoms with Crippen LogP contribution in [0.4, 0.5) is 17.1 Å². The number of benzene rings is 6. The molecule has 0 aliphatic rings. The van der Waals surface area contributed by atoms with Crippen molar-refractivity contribution in [3.05, 3.63) is 133 Å². The van der Waals surface area contributed by atoms with Gasteiger partial charge in [-0.1, -0.05) is 78.9 Å². The van der Waals surface area contributed by atoms with Crippen LogP contribution in [0.3, 0.4) is 0 Å². The van der Waals surface area contributed by atoms with Crippen LogP contribution in [-0.2, 0) is 0 Å². The van der Waals surface area contributed by atoms with Crippen LogP contribution in [0.15, 0.2) is 133 Å². The van der Waals surface area contributed by atoms with E-state index in [-0.39, 0.29) is 0 Å². The van der Waals surface area contributed by atoms with E-state index in [1.54, 1.807) is 4.80 Å². The van der Waals surface area contributed by atoms with Crippen LogP contribution >= 0.6 is 0 Å². The number of rotatable bonds is 4. The minimum atomic E-state index is 0.882. The normalized spacial score (nSPS) is 11.3. The number of para-hydroxylation sites is 3. The molecule has 0 N–H and O–H groups in total. The zero-order valence-corrected chi connectivity index (χ0v) is 19.5. The molecule has 7 rings (SSSR count). The highest BCUT2D eigenvalue weighted by atomic mass is 15.5. The molecule has 6 aromatic carbocycles. The van der Waals surface area contributed by atoms with Gasteiger partial charge in [0.25, 0.3) is 0 Å². The Balaban J connectivity index is 1.49. The molecule has 0 unspecified atom stereocenters. The van der Waals surface area contributed by atoms with Crippen molar-refractivity contribution in [3.63, 3.8) is 0 Å². The molecule has 0 aliphatic carbocycles. The fourth-order valence-corrected chi connectivity index (χ4v) is 4.92. The lowest BCUT2D eigenvalue weighted by Gasteiger charge is -2.25. The Morgan fingerprint density at radius 1 is 0.500 bits per heavy atom. The fourth-order valence-electron chi connectivity index (χ4n) is 4.92. The van der Waals surface area contributed by atoms with Gasteiger partial charge in [0, 0.05) is 22.4 Å². The van der Waals surface area contributed by atoms with Crippen molar-refractivity contribution in [2.24, 2.45) is 0 Å². The molecule has 0 spiro atoms. The van der Waals surface area contributed by atoms with Gasteiger partial charge in [0.15, 0.2) is 0 Å². The largest absolute Gasteiger partial charge is 0.310 e. The Hall–Kier alpha value is -4.96. The lowest BCUT2D eigenvalue weighted by molar-refractivity contribution is 0.766. The van der Waals surface area contributed by atoms with Crippen molar-refractivity contribution in [2.75, 3.05) is 4.90 Å². The van der Waals surface area contributed by atoms with Crippen molar-refractivity contribution in [2.45, 2.75) is 0 Å². The molecule has 0 radical (unpaired) electrons. The van der Waals surface area contributed by atoms with Crippen LogP contribution < -0.4 is 4.90 Å². The number of aromatic nitrogens is 3. The molecule has 0 saturated carbocycles. The summed E-state index contributed by atoms with van der Waals surface area (Å²) in [6, 6.07) is 46.2. The van der Waals surface area contributed by atoms with Crippen LogP contribution in [-0.4, -0.2) is 15.0 Å². The van der Waals surface area contributed by atoms with Crippen molar-refractivity contribution >= 4 is 49.6 Å². The average molecular weight is 463 g/mol. The van der Waals surface area contributed by atoms with E-state index >= 15 is 0 Å². The van der Waals surface area contributed by atoms with E-state index in [1.807, 2.05) is 42.5 Å². The van der Waals surface area contributed by atoms with Crippen molar-refractivity contribution in [1.29, 1.82) is 0 Å². The molecule has 0 bridgehead atoms. The fraction of sp³-hybridized carbons (Fsp3) is 0. The van der Waals surface area contributed by atoms with Gasteiger partial charge in [-0.05, 0) is 70.8 Å². The lowest BCUT2D eigenvalue weighted by Crippen LogP contribution is -2.09. The molecule has 4 nitrogen and oxygen atoms in total. The Bertz CT molecular complexity index is 1790. The molecular formula is C32H22N4. The standard InChI is InChI=1S/C32H22N4/c1-4-10-25(11-5-1)35(26-12-6-2-7-13-26)28-20-18-23-16-17-24-19-21-30-32(31(24)29(23)22-28)34-36(33-30)27-14-8-3-9-15-27/h1-22H. The quantitative estimate of drug-likeness (QED) is 0.247. The Morgan fingerprint density at radius 3 is 1.78 bits per heavy atom. The molecule has 4 heteroatoms. The van der Waals surface area contributed by atoms with E-state index < -0.39 is 0 Å². The first-order valence-electron chi connectivity index (χ1n) is 12.0. The summed E-state index contributed by atoms with van der Waals surface area (Å²) in [7, 11) is 0. The first-order chi connectivity index (χ1) is 17.8. The summed E-state index contributed by atoms with van der Waals surface area (Å²) in [5.74, 6) is 0. The number of fused-ring (bicyclic) bond motifs is 5. The predicted octanol–water partition coefficient (Wildman–Crippen LogP) is 8.20. The number of hydrogen-bond acceptors (Lipinski definition) is 3. The first-order valence-corrected chi connectivity index (χ1v) is 12.0. The molecular weight excluding hydrogens is 440 g/mol. The third-order valence-electron chi connectivity index (χ3n) is 6.61. The zero-order valence-electron chi connectivity index (χ0n) is 19.5. The van der Waals surface area contributed by atoms with E-state index in [1.165, 1.54) is 5.39 Å². The van der Waals surface area contributed by atoms with Crippen LogP contribution in [0.5, 0.6) is 0 Å². The SMILES string of the molecule is c1ccc(N(c2ccccc2)c2ccc3ccc4ccc5nn(-c6ccccc6)nc5c4c3c2)cc1. The maximum Gasteiger partial charge on any atom is 0.122 e. The molecule has 36 heavy (non-hydrogen) atoms. The molecule has 1 heterocycles. The van der Waals surface area contributed by atoms with Crippen LogP contribution in [0.25, 0.3) is 38.3 Å². The van der Waals surface area contributed by atoms with Gasteiger partial charge in [-0.3, -0.25) is 0 Å². The molecule has 0 saturated heterocycles. The summed E-state index contributed by atoms with van der Waals surface area (Å²) in [5.41, 5.74) is 6.06. The van der Waals surface area contributed by atoms with Crippen LogP contribution in [0.1, 0.15) is 0 Å². The molecule has 0 amide bonds. The Labute approximate surface area is 208 Å². The van der Waals surface area contributed by atoms with Gasteiger partial charge in [0.1, 0.15) is 11.0 Å². The maximum atomic E-state index is 4.94. The minimum Gasteiger partial charge on any atom is -0.310 e. The van der Waals surface area contributed by atoms with E-state index in [9.17, 15) is 0 Å². The van der Waals surface area contributed by atoms with Crippen LogP contribution in [0.2, 0.25) is 0 Å². The number of anilines is 3. The highest BCUT2D eigenvalue weighted by Gasteiger charge is 2.15. The van der Waals surface area contributed by atoms with Gasteiger partial charge in [-0.15, -0.1) is 10.2 Å². The second-order valence-electron chi connectivity index (χ2n) is 8.83. The summed E-state index contributed by atoms with van der Waals surface area (Å²) < 4.78 is 0. The van der Waals surface area contributed by atoms with Crippen molar-refractivity contribution in [3.8, 4) is 5.69 Å². The second-order valence-corrected chi connectivity index (χ2v) is 8.83. The van der Waals surface area contributed by atoms with E-state index in [0.29, 0.717) is 0 Å².